The minimum atomic E-state index is -0.370. The number of methoxy groups -OCH3 is 1. The first-order valence-corrected chi connectivity index (χ1v) is 6.86. The van der Waals surface area contributed by atoms with E-state index < -0.39 is 0 Å². The van der Waals surface area contributed by atoms with Crippen LogP contribution in [0.5, 0.6) is 0 Å². The third kappa shape index (κ3) is 3.19. The Kier molecular flexibility index (Phi) is 4.44. The number of fused-ring (bicyclic) bond motifs is 1. The third-order valence-electron chi connectivity index (χ3n) is 2.80. The SMILES string of the molecule is COC(=O)C[C@@H](C)NC(=O)c1cc2cccc(Br)c2o1. The lowest BCUT2D eigenvalue weighted by molar-refractivity contribution is -0.141. The van der Waals surface area contributed by atoms with Gasteiger partial charge in [-0.2, -0.15) is 0 Å². The second-order valence-corrected chi connectivity index (χ2v) is 5.28. The normalized spacial score (nSPS) is 12.2. The van der Waals surface area contributed by atoms with Crippen LogP contribution >= 0.6 is 15.9 Å². The van der Waals surface area contributed by atoms with Gasteiger partial charge in [0.15, 0.2) is 5.76 Å². The average molecular weight is 340 g/mol. The van der Waals surface area contributed by atoms with Crippen molar-refractivity contribution in [2.75, 3.05) is 7.11 Å². The lowest BCUT2D eigenvalue weighted by Crippen LogP contribution is -2.34. The van der Waals surface area contributed by atoms with Gasteiger partial charge >= 0.3 is 5.97 Å². The molecule has 5 nitrogen and oxygen atoms in total. The number of nitrogens with one attached hydrogen (secondary N) is 1. The topological polar surface area (TPSA) is 68.5 Å². The second kappa shape index (κ2) is 6.09. The number of para-hydroxylation sites is 1. The van der Waals surface area contributed by atoms with Crippen molar-refractivity contribution in [1.29, 1.82) is 0 Å². The first kappa shape index (κ1) is 14.6. The van der Waals surface area contributed by atoms with Crippen molar-refractivity contribution in [3.8, 4) is 0 Å². The highest BCUT2D eigenvalue weighted by atomic mass is 79.9. The molecule has 0 bridgehead atoms. The second-order valence-electron chi connectivity index (χ2n) is 4.42. The largest absolute Gasteiger partial charge is 0.469 e. The van der Waals surface area contributed by atoms with E-state index in [0.29, 0.717) is 5.58 Å². The van der Waals surface area contributed by atoms with Crippen LogP contribution in [0.4, 0.5) is 0 Å². The molecule has 0 unspecified atom stereocenters. The summed E-state index contributed by atoms with van der Waals surface area (Å²) in [6, 6.07) is 6.90. The smallest absolute Gasteiger partial charge is 0.307 e. The van der Waals surface area contributed by atoms with Crippen molar-refractivity contribution in [3.63, 3.8) is 0 Å². The molecule has 1 N–H and O–H groups in total. The van der Waals surface area contributed by atoms with Crippen LogP contribution in [0.2, 0.25) is 0 Å². The lowest BCUT2D eigenvalue weighted by atomic mass is 10.2. The zero-order valence-corrected chi connectivity index (χ0v) is 12.7. The predicted molar refractivity (Wildman–Crippen MR) is 77.5 cm³/mol. The number of carbonyl (C=O) groups is 2. The van der Waals surface area contributed by atoms with E-state index in [0.717, 1.165) is 9.86 Å². The number of ether oxygens (including phenoxy) is 1. The number of benzene rings is 1. The minimum Gasteiger partial charge on any atom is -0.469 e. The molecule has 2 aromatic rings. The molecule has 1 heterocycles. The molecule has 0 fully saturated rings. The fourth-order valence-corrected chi connectivity index (χ4v) is 2.28. The molecule has 0 aliphatic carbocycles. The van der Waals surface area contributed by atoms with Crippen LogP contribution in [0, 0.1) is 0 Å². The van der Waals surface area contributed by atoms with E-state index in [1.807, 2.05) is 18.2 Å². The van der Waals surface area contributed by atoms with Crippen LogP contribution in [-0.2, 0) is 9.53 Å². The van der Waals surface area contributed by atoms with Crippen molar-refractivity contribution in [1.82, 2.24) is 5.32 Å². The van der Waals surface area contributed by atoms with Crippen LogP contribution in [0.15, 0.2) is 33.2 Å². The standard InChI is InChI=1S/C14H14BrNO4/c1-8(6-12(17)19-2)16-14(18)11-7-9-4-3-5-10(15)13(9)20-11/h3-5,7-8H,6H2,1-2H3,(H,16,18)/t8-/m1/s1. The Hall–Kier alpha value is -1.82. The lowest BCUT2D eigenvalue weighted by Gasteiger charge is -2.10. The summed E-state index contributed by atoms with van der Waals surface area (Å²) in [5.41, 5.74) is 0.623. The van der Waals surface area contributed by atoms with Crippen LogP contribution in [-0.4, -0.2) is 25.0 Å². The summed E-state index contributed by atoms with van der Waals surface area (Å²) in [6.45, 7) is 1.73. The Labute approximate surface area is 124 Å². The Morgan fingerprint density at radius 3 is 2.85 bits per heavy atom. The summed E-state index contributed by atoms with van der Waals surface area (Å²) in [5.74, 6) is -0.515. The predicted octanol–water partition coefficient (Wildman–Crippen LogP) is 2.88. The van der Waals surface area contributed by atoms with Gasteiger partial charge in [0.05, 0.1) is 18.0 Å². The van der Waals surface area contributed by atoms with Gasteiger partial charge in [0.1, 0.15) is 5.58 Å². The first-order valence-electron chi connectivity index (χ1n) is 6.07. The van der Waals surface area contributed by atoms with E-state index in [2.05, 4.69) is 26.0 Å². The fourth-order valence-electron chi connectivity index (χ4n) is 1.82. The van der Waals surface area contributed by atoms with Gasteiger partial charge in [-0.25, -0.2) is 0 Å². The van der Waals surface area contributed by atoms with Gasteiger partial charge < -0.3 is 14.5 Å². The summed E-state index contributed by atoms with van der Waals surface area (Å²) in [4.78, 5) is 23.2. The monoisotopic (exact) mass is 339 g/mol. The number of hydrogen-bond donors (Lipinski definition) is 1. The number of halogens is 1. The maximum absolute atomic E-state index is 12.0. The van der Waals surface area contributed by atoms with Gasteiger partial charge in [-0.05, 0) is 35.0 Å². The zero-order valence-electron chi connectivity index (χ0n) is 11.1. The van der Waals surface area contributed by atoms with Crippen molar-refractivity contribution in [2.24, 2.45) is 0 Å². The van der Waals surface area contributed by atoms with Crippen LogP contribution in [0.25, 0.3) is 11.0 Å². The highest BCUT2D eigenvalue weighted by Gasteiger charge is 2.17. The maximum Gasteiger partial charge on any atom is 0.307 e. The molecule has 0 aliphatic rings. The van der Waals surface area contributed by atoms with E-state index in [1.165, 1.54) is 7.11 Å². The molecular formula is C14H14BrNO4. The Morgan fingerprint density at radius 1 is 1.45 bits per heavy atom. The number of amides is 1. The Bertz CT molecular complexity index is 650. The molecule has 6 heteroatoms. The summed E-state index contributed by atoms with van der Waals surface area (Å²) in [6.07, 6.45) is 0.117. The average Bonchev–Trinajstić information content (AvgIpc) is 2.84. The molecule has 0 spiro atoms. The summed E-state index contributed by atoms with van der Waals surface area (Å²) in [7, 11) is 1.31. The van der Waals surface area contributed by atoms with Gasteiger partial charge in [0, 0.05) is 11.4 Å². The van der Waals surface area contributed by atoms with E-state index in [4.69, 9.17) is 4.42 Å². The maximum atomic E-state index is 12.0. The molecule has 1 amide bonds. The van der Waals surface area contributed by atoms with Crippen LogP contribution in [0.1, 0.15) is 23.9 Å². The molecule has 0 radical (unpaired) electrons. The van der Waals surface area contributed by atoms with E-state index in [-0.39, 0.29) is 30.1 Å². The quantitative estimate of drug-likeness (QED) is 0.869. The van der Waals surface area contributed by atoms with Gasteiger partial charge in [0.2, 0.25) is 0 Å². The number of esters is 1. The zero-order chi connectivity index (χ0) is 14.7. The molecule has 0 saturated carbocycles. The van der Waals surface area contributed by atoms with E-state index in [9.17, 15) is 9.59 Å². The molecule has 1 atom stereocenters. The highest BCUT2D eigenvalue weighted by Crippen LogP contribution is 2.26. The van der Waals surface area contributed by atoms with Crippen molar-refractivity contribution >= 4 is 38.8 Å². The molecule has 2 rings (SSSR count). The summed E-state index contributed by atoms with van der Waals surface area (Å²) >= 11 is 3.37. The molecule has 106 valence electrons. The molecular weight excluding hydrogens is 326 g/mol. The van der Waals surface area contributed by atoms with Crippen LogP contribution < -0.4 is 5.32 Å². The molecule has 1 aromatic heterocycles. The Balaban J connectivity index is 2.11. The van der Waals surface area contributed by atoms with Gasteiger partial charge in [-0.1, -0.05) is 12.1 Å². The summed E-state index contributed by atoms with van der Waals surface area (Å²) in [5, 5.41) is 3.53. The first-order chi connectivity index (χ1) is 9.51. The molecule has 0 aliphatic heterocycles. The number of carbonyl (C=O) groups excluding carboxylic acids is 2. The Morgan fingerprint density at radius 2 is 2.20 bits per heavy atom. The van der Waals surface area contributed by atoms with Crippen molar-refractivity contribution in [2.45, 2.75) is 19.4 Å². The number of hydrogen-bond acceptors (Lipinski definition) is 4. The van der Waals surface area contributed by atoms with E-state index >= 15 is 0 Å². The molecule has 20 heavy (non-hydrogen) atoms. The van der Waals surface area contributed by atoms with Crippen molar-refractivity contribution in [3.05, 3.63) is 34.5 Å². The van der Waals surface area contributed by atoms with Crippen LogP contribution in [0.3, 0.4) is 0 Å². The van der Waals surface area contributed by atoms with Gasteiger partial charge in [0.25, 0.3) is 5.91 Å². The number of rotatable bonds is 4. The summed E-state index contributed by atoms with van der Waals surface area (Å²) < 4.78 is 10.9. The van der Waals surface area contributed by atoms with Gasteiger partial charge in [-0.15, -0.1) is 0 Å². The van der Waals surface area contributed by atoms with Gasteiger partial charge in [-0.3, -0.25) is 9.59 Å². The highest BCUT2D eigenvalue weighted by molar-refractivity contribution is 9.10. The van der Waals surface area contributed by atoms with E-state index in [1.54, 1.807) is 13.0 Å². The van der Waals surface area contributed by atoms with Crippen molar-refractivity contribution < 1.29 is 18.7 Å². The fraction of sp³-hybridized carbons (Fsp3) is 0.286. The third-order valence-corrected chi connectivity index (χ3v) is 3.42. The molecule has 0 saturated heterocycles. The molecule has 1 aromatic carbocycles. The minimum absolute atomic E-state index is 0.117. The number of furan rings is 1.